The number of furan rings is 1. The van der Waals surface area contributed by atoms with E-state index in [9.17, 15) is 0 Å². The summed E-state index contributed by atoms with van der Waals surface area (Å²) >= 11 is 0. The van der Waals surface area contributed by atoms with Gasteiger partial charge in [-0.2, -0.15) is 5.10 Å². The van der Waals surface area contributed by atoms with Gasteiger partial charge in [0.25, 0.3) is 0 Å². The predicted molar refractivity (Wildman–Crippen MR) is 130 cm³/mol. The van der Waals surface area contributed by atoms with Gasteiger partial charge >= 0.3 is 0 Å². The first-order chi connectivity index (χ1) is 16.4. The van der Waals surface area contributed by atoms with Gasteiger partial charge in [0, 0.05) is 42.8 Å². The average molecular weight is 442 g/mol. The van der Waals surface area contributed by atoms with Crippen molar-refractivity contribution >= 4 is 0 Å². The number of nitrogens with one attached hydrogen (secondary N) is 1. The molecule has 170 valence electrons. The van der Waals surface area contributed by atoms with Gasteiger partial charge in [-0.3, -0.25) is 14.6 Å². The Morgan fingerprint density at radius 2 is 1.85 bits per heavy atom. The summed E-state index contributed by atoms with van der Waals surface area (Å²) in [5, 5.41) is 8.62. The third-order valence-electron chi connectivity index (χ3n) is 6.32. The Kier molecular flexibility index (Phi) is 6.94. The van der Waals surface area contributed by atoms with E-state index in [2.05, 4.69) is 57.8 Å². The highest BCUT2D eigenvalue weighted by molar-refractivity contribution is 5.61. The summed E-state index contributed by atoms with van der Waals surface area (Å²) in [6, 6.07) is 18.8. The number of benzene rings is 1. The molecule has 0 radical (unpaired) electrons. The van der Waals surface area contributed by atoms with Crippen molar-refractivity contribution in [2.45, 2.75) is 38.4 Å². The Balaban J connectivity index is 1.33. The van der Waals surface area contributed by atoms with E-state index >= 15 is 0 Å². The maximum atomic E-state index is 5.81. The summed E-state index contributed by atoms with van der Waals surface area (Å²) in [5.41, 5.74) is 4.44. The molecule has 1 aromatic carbocycles. The smallest absolute Gasteiger partial charge is 0.122 e. The third kappa shape index (κ3) is 5.41. The van der Waals surface area contributed by atoms with E-state index in [-0.39, 0.29) is 6.04 Å². The summed E-state index contributed by atoms with van der Waals surface area (Å²) < 4.78 is 7.84. The number of pyridine rings is 1. The van der Waals surface area contributed by atoms with Gasteiger partial charge in [-0.25, -0.2) is 0 Å². The molecule has 1 fully saturated rings. The fourth-order valence-corrected chi connectivity index (χ4v) is 4.65. The first-order valence-electron chi connectivity index (χ1n) is 11.9. The van der Waals surface area contributed by atoms with Gasteiger partial charge in [0.05, 0.1) is 24.5 Å². The monoisotopic (exact) mass is 441 g/mol. The number of piperidine rings is 1. The first kappa shape index (κ1) is 21.6. The molecule has 3 aromatic heterocycles. The summed E-state index contributed by atoms with van der Waals surface area (Å²) in [5.74, 6) is 1.04. The van der Waals surface area contributed by atoms with Gasteiger partial charge in [0.1, 0.15) is 5.76 Å². The summed E-state index contributed by atoms with van der Waals surface area (Å²) in [6.07, 6.45) is 11.5. The minimum absolute atomic E-state index is 0.251. The molecule has 6 heteroatoms. The molecule has 5 rings (SSSR count). The molecule has 1 N–H and O–H groups in total. The minimum atomic E-state index is 0.251. The van der Waals surface area contributed by atoms with Crippen molar-refractivity contribution in [2.24, 2.45) is 0 Å². The molecule has 0 amide bonds. The summed E-state index contributed by atoms with van der Waals surface area (Å²) in [6.45, 7) is 4.58. The van der Waals surface area contributed by atoms with Crippen LogP contribution in [-0.2, 0) is 13.1 Å². The molecule has 0 saturated carbocycles. The molecule has 1 atom stereocenters. The molecule has 0 bridgehead atoms. The second-order valence-electron chi connectivity index (χ2n) is 8.69. The van der Waals surface area contributed by atoms with E-state index in [0.29, 0.717) is 0 Å². The summed E-state index contributed by atoms with van der Waals surface area (Å²) in [7, 11) is 0. The Morgan fingerprint density at radius 3 is 2.61 bits per heavy atom. The predicted octanol–water partition coefficient (Wildman–Crippen LogP) is 4.90. The lowest BCUT2D eigenvalue weighted by Gasteiger charge is -2.33. The highest BCUT2D eigenvalue weighted by Crippen LogP contribution is 2.26. The van der Waals surface area contributed by atoms with Gasteiger partial charge < -0.3 is 9.73 Å². The van der Waals surface area contributed by atoms with Crippen LogP contribution in [0.1, 0.15) is 42.2 Å². The van der Waals surface area contributed by atoms with Crippen LogP contribution in [0.5, 0.6) is 0 Å². The van der Waals surface area contributed by atoms with Gasteiger partial charge in [-0.15, -0.1) is 0 Å². The summed E-state index contributed by atoms with van der Waals surface area (Å²) in [4.78, 5) is 6.86. The lowest BCUT2D eigenvalue weighted by molar-refractivity contribution is 0.142. The van der Waals surface area contributed by atoms with Gasteiger partial charge in [0.2, 0.25) is 0 Å². The molecule has 0 aliphatic carbocycles. The zero-order chi connectivity index (χ0) is 22.3. The van der Waals surface area contributed by atoms with Crippen molar-refractivity contribution in [2.75, 3.05) is 19.6 Å². The molecule has 1 aliphatic heterocycles. The molecule has 6 nitrogen and oxygen atoms in total. The average Bonchev–Trinajstić information content (AvgIpc) is 3.54. The fraction of sp³-hybridized carbons (Fsp3) is 0.333. The molecule has 33 heavy (non-hydrogen) atoms. The van der Waals surface area contributed by atoms with Crippen molar-refractivity contribution in [1.82, 2.24) is 25.0 Å². The number of hydrogen-bond acceptors (Lipinski definition) is 5. The van der Waals surface area contributed by atoms with Crippen LogP contribution in [0, 0.1) is 0 Å². The van der Waals surface area contributed by atoms with Crippen LogP contribution in [0.15, 0.2) is 83.9 Å². The van der Waals surface area contributed by atoms with Crippen molar-refractivity contribution in [3.63, 3.8) is 0 Å². The number of hydrogen-bond donors (Lipinski definition) is 1. The Hall–Kier alpha value is -3.22. The highest BCUT2D eigenvalue weighted by Gasteiger charge is 2.24. The Labute approximate surface area is 195 Å². The zero-order valence-corrected chi connectivity index (χ0v) is 18.9. The molecule has 1 unspecified atom stereocenters. The lowest BCUT2D eigenvalue weighted by Crippen LogP contribution is -2.38. The van der Waals surface area contributed by atoms with Gasteiger partial charge in [0.15, 0.2) is 0 Å². The molecule has 4 aromatic rings. The van der Waals surface area contributed by atoms with E-state index < -0.39 is 0 Å². The normalized spacial score (nSPS) is 15.5. The largest absolute Gasteiger partial charge is 0.468 e. The number of likely N-dealkylation sites (tertiary alicyclic amines) is 1. The van der Waals surface area contributed by atoms with E-state index in [0.717, 1.165) is 49.7 Å². The molecule has 4 heterocycles. The minimum Gasteiger partial charge on any atom is -0.468 e. The SMILES string of the molecule is c1ccc(Cn2cc(CNCC(c3ccco3)N3CCCCC3)c(-c3cccnc3)n2)cc1. The van der Waals surface area contributed by atoms with E-state index in [1.54, 1.807) is 12.5 Å². The van der Waals surface area contributed by atoms with Gasteiger partial charge in [-0.1, -0.05) is 36.8 Å². The van der Waals surface area contributed by atoms with Crippen LogP contribution >= 0.6 is 0 Å². The van der Waals surface area contributed by atoms with Gasteiger partial charge in [-0.05, 0) is 55.8 Å². The molecular weight excluding hydrogens is 410 g/mol. The molecular formula is C27H31N5O. The van der Waals surface area contributed by atoms with Crippen LogP contribution in [0.2, 0.25) is 0 Å². The molecule has 0 spiro atoms. The van der Waals surface area contributed by atoms with Crippen LogP contribution in [-0.4, -0.2) is 39.3 Å². The number of nitrogens with zero attached hydrogens (tertiary/aromatic N) is 4. The zero-order valence-electron chi connectivity index (χ0n) is 18.9. The first-order valence-corrected chi connectivity index (χ1v) is 11.9. The van der Waals surface area contributed by atoms with Crippen molar-refractivity contribution in [1.29, 1.82) is 0 Å². The molecule has 1 saturated heterocycles. The van der Waals surface area contributed by atoms with Crippen LogP contribution in [0.25, 0.3) is 11.3 Å². The van der Waals surface area contributed by atoms with Crippen molar-refractivity contribution in [3.8, 4) is 11.3 Å². The highest BCUT2D eigenvalue weighted by atomic mass is 16.3. The second kappa shape index (κ2) is 10.6. The van der Waals surface area contributed by atoms with Crippen LogP contribution in [0.3, 0.4) is 0 Å². The Bertz CT molecular complexity index is 1100. The van der Waals surface area contributed by atoms with Crippen LogP contribution < -0.4 is 5.32 Å². The Morgan fingerprint density at radius 1 is 0.970 bits per heavy atom. The standard InChI is InChI=1S/C27H31N5O/c1-3-9-22(10-4-1)20-32-21-24(27(30-32)23-11-7-13-28-17-23)18-29-19-25(26-12-8-16-33-26)31-14-5-2-6-15-31/h1,3-4,7-13,16-17,21,25,29H,2,5-6,14-15,18-20H2. The van der Waals surface area contributed by atoms with E-state index in [1.807, 2.05) is 29.1 Å². The number of aromatic nitrogens is 3. The number of rotatable bonds is 9. The maximum absolute atomic E-state index is 5.81. The van der Waals surface area contributed by atoms with Crippen molar-refractivity contribution in [3.05, 3.63) is 96.3 Å². The van der Waals surface area contributed by atoms with Crippen LogP contribution in [0.4, 0.5) is 0 Å². The lowest BCUT2D eigenvalue weighted by atomic mass is 10.1. The topological polar surface area (TPSA) is 59.1 Å². The third-order valence-corrected chi connectivity index (χ3v) is 6.32. The second-order valence-corrected chi connectivity index (χ2v) is 8.69. The van der Waals surface area contributed by atoms with E-state index in [4.69, 9.17) is 9.52 Å². The quantitative estimate of drug-likeness (QED) is 0.400. The molecule has 1 aliphatic rings. The maximum Gasteiger partial charge on any atom is 0.122 e. The van der Waals surface area contributed by atoms with Crippen molar-refractivity contribution < 1.29 is 4.42 Å². The van der Waals surface area contributed by atoms with E-state index in [1.165, 1.54) is 30.4 Å². The fourth-order valence-electron chi connectivity index (χ4n) is 4.65.